The zero-order chi connectivity index (χ0) is 19.1. The fraction of sp³-hybridized carbons (Fsp3) is 0.0455. The van der Waals surface area contributed by atoms with Crippen molar-refractivity contribution in [2.24, 2.45) is 0 Å². The highest BCUT2D eigenvalue weighted by Gasteiger charge is 2.14. The Bertz CT molecular complexity index is 1320. The molecule has 136 valence electrons. The largest absolute Gasteiger partial charge is 0.322 e. The molecule has 5 rings (SSSR count). The molecule has 0 atom stereocenters. The number of pyridine rings is 1. The Kier molecular flexibility index (Phi) is 3.69. The first-order chi connectivity index (χ1) is 13.7. The number of anilines is 1. The van der Waals surface area contributed by atoms with E-state index in [4.69, 9.17) is 0 Å². The number of rotatable bonds is 3. The number of aryl methyl sites for hydroxylation is 1. The number of carbonyl (C=O) groups excluding carboxylic acids is 1. The summed E-state index contributed by atoms with van der Waals surface area (Å²) in [5.74, 6) is -0.155. The lowest BCUT2D eigenvalue weighted by Crippen LogP contribution is -2.14. The normalized spacial score (nSPS) is 11.2. The van der Waals surface area contributed by atoms with Gasteiger partial charge in [-0.05, 0) is 37.3 Å². The van der Waals surface area contributed by atoms with E-state index in [1.54, 1.807) is 12.5 Å². The van der Waals surface area contributed by atoms with Gasteiger partial charge in [0.05, 0.1) is 34.8 Å². The lowest BCUT2D eigenvalue weighted by Gasteiger charge is -2.10. The molecule has 0 saturated carbocycles. The average Bonchev–Trinajstić information content (AvgIpc) is 3.36. The number of benzene rings is 2. The van der Waals surface area contributed by atoms with Gasteiger partial charge in [-0.1, -0.05) is 30.3 Å². The molecule has 0 unspecified atom stereocenters. The molecule has 28 heavy (non-hydrogen) atoms. The molecule has 0 bridgehead atoms. The number of carbonyl (C=O) groups is 1. The molecule has 3 heterocycles. The van der Waals surface area contributed by atoms with Gasteiger partial charge in [0.1, 0.15) is 0 Å². The SMILES string of the molecule is Cc1c(C(=O)Nc2ccc3[nH]nc(-c4ccccc4)c3c2)ccc2cncn12. The van der Waals surface area contributed by atoms with Gasteiger partial charge in [0.25, 0.3) is 5.91 Å². The molecule has 0 radical (unpaired) electrons. The van der Waals surface area contributed by atoms with Crippen molar-refractivity contribution in [3.63, 3.8) is 0 Å². The molecule has 2 aromatic carbocycles. The molecule has 5 aromatic rings. The molecule has 3 aromatic heterocycles. The quantitative estimate of drug-likeness (QED) is 0.495. The highest BCUT2D eigenvalue weighted by atomic mass is 16.1. The van der Waals surface area contributed by atoms with E-state index >= 15 is 0 Å². The summed E-state index contributed by atoms with van der Waals surface area (Å²) in [7, 11) is 0. The Morgan fingerprint density at radius 3 is 2.79 bits per heavy atom. The number of aromatic amines is 1. The third-order valence-electron chi connectivity index (χ3n) is 4.95. The van der Waals surface area contributed by atoms with E-state index in [1.807, 2.05) is 72.0 Å². The highest BCUT2D eigenvalue weighted by molar-refractivity contribution is 6.06. The maximum Gasteiger partial charge on any atom is 0.257 e. The van der Waals surface area contributed by atoms with Gasteiger partial charge < -0.3 is 9.72 Å². The van der Waals surface area contributed by atoms with Gasteiger partial charge in [0.2, 0.25) is 0 Å². The number of H-pyrrole nitrogens is 1. The first-order valence-electron chi connectivity index (χ1n) is 8.97. The average molecular weight is 367 g/mol. The Morgan fingerprint density at radius 1 is 1.07 bits per heavy atom. The van der Waals surface area contributed by atoms with Crippen LogP contribution in [0, 0.1) is 6.92 Å². The molecule has 0 saturated heterocycles. The van der Waals surface area contributed by atoms with Crippen molar-refractivity contribution in [1.29, 1.82) is 0 Å². The summed E-state index contributed by atoms with van der Waals surface area (Å²) in [5, 5.41) is 11.5. The predicted molar refractivity (Wildman–Crippen MR) is 109 cm³/mol. The second kappa shape index (κ2) is 6.35. The number of fused-ring (bicyclic) bond motifs is 2. The minimum atomic E-state index is -0.155. The summed E-state index contributed by atoms with van der Waals surface area (Å²) in [6.45, 7) is 1.91. The van der Waals surface area contributed by atoms with Crippen molar-refractivity contribution in [3.05, 3.63) is 84.4 Å². The first-order valence-corrected chi connectivity index (χ1v) is 8.97. The smallest absolute Gasteiger partial charge is 0.257 e. The van der Waals surface area contributed by atoms with Crippen molar-refractivity contribution in [2.75, 3.05) is 5.32 Å². The van der Waals surface area contributed by atoms with E-state index in [0.717, 1.165) is 39.1 Å². The van der Waals surface area contributed by atoms with Crippen LogP contribution in [0.15, 0.2) is 73.2 Å². The maximum atomic E-state index is 12.9. The second-order valence-corrected chi connectivity index (χ2v) is 6.67. The molecule has 6 heteroatoms. The minimum Gasteiger partial charge on any atom is -0.322 e. The monoisotopic (exact) mass is 367 g/mol. The zero-order valence-corrected chi connectivity index (χ0v) is 15.2. The zero-order valence-electron chi connectivity index (χ0n) is 15.2. The minimum absolute atomic E-state index is 0.155. The van der Waals surface area contributed by atoms with E-state index < -0.39 is 0 Å². The number of nitrogens with one attached hydrogen (secondary N) is 2. The molecular weight excluding hydrogens is 350 g/mol. The summed E-state index contributed by atoms with van der Waals surface area (Å²) in [6.07, 6.45) is 3.48. The van der Waals surface area contributed by atoms with Crippen LogP contribution in [0.3, 0.4) is 0 Å². The summed E-state index contributed by atoms with van der Waals surface area (Å²) in [4.78, 5) is 17.0. The summed E-state index contributed by atoms with van der Waals surface area (Å²) >= 11 is 0. The lowest BCUT2D eigenvalue weighted by molar-refractivity contribution is 0.102. The van der Waals surface area contributed by atoms with E-state index in [0.29, 0.717) is 5.56 Å². The Balaban J connectivity index is 1.51. The van der Waals surface area contributed by atoms with Crippen LogP contribution in [0.5, 0.6) is 0 Å². The number of hydrogen-bond donors (Lipinski definition) is 2. The van der Waals surface area contributed by atoms with Gasteiger partial charge in [-0.15, -0.1) is 0 Å². The molecular formula is C22H17N5O. The van der Waals surface area contributed by atoms with Crippen molar-refractivity contribution in [3.8, 4) is 11.3 Å². The van der Waals surface area contributed by atoms with E-state index in [1.165, 1.54) is 0 Å². The Hall–Kier alpha value is -3.93. The molecule has 1 amide bonds. The molecule has 2 N–H and O–H groups in total. The van der Waals surface area contributed by atoms with Crippen molar-refractivity contribution < 1.29 is 4.79 Å². The van der Waals surface area contributed by atoms with Crippen molar-refractivity contribution in [2.45, 2.75) is 6.92 Å². The van der Waals surface area contributed by atoms with Crippen LogP contribution in [0.25, 0.3) is 27.7 Å². The number of aromatic nitrogens is 4. The van der Waals surface area contributed by atoms with Crippen LogP contribution < -0.4 is 5.32 Å². The van der Waals surface area contributed by atoms with E-state index in [-0.39, 0.29) is 5.91 Å². The van der Waals surface area contributed by atoms with Gasteiger partial charge in [-0.25, -0.2) is 4.98 Å². The molecule has 0 fully saturated rings. The topological polar surface area (TPSA) is 75.1 Å². The highest BCUT2D eigenvalue weighted by Crippen LogP contribution is 2.28. The van der Waals surface area contributed by atoms with Gasteiger partial charge in [0.15, 0.2) is 0 Å². The van der Waals surface area contributed by atoms with Crippen molar-refractivity contribution >= 4 is 28.0 Å². The van der Waals surface area contributed by atoms with Gasteiger partial charge in [0, 0.05) is 22.3 Å². The maximum absolute atomic E-state index is 12.9. The molecule has 0 spiro atoms. The molecule has 0 aliphatic rings. The predicted octanol–water partition coefficient (Wildman–Crippen LogP) is 4.44. The van der Waals surface area contributed by atoms with Crippen LogP contribution in [-0.2, 0) is 0 Å². The van der Waals surface area contributed by atoms with Crippen LogP contribution in [0.4, 0.5) is 5.69 Å². The third kappa shape index (κ3) is 2.63. The molecule has 0 aliphatic carbocycles. The number of imidazole rings is 1. The Morgan fingerprint density at radius 2 is 1.93 bits per heavy atom. The van der Waals surface area contributed by atoms with Crippen LogP contribution in [0.2, 0.25) is 0 Å². The fourth-order valence-corrected chi connectivity index (χ4v) is 3.47. The van der Waals surface area contributed by atoms with Crippen LogP contribution in [-0.4, -0.2) is 25.5 Å². The number of amides is 1. The lowest BCUT2D eigenvalue weighted by atomic mass is 10.1. The first kappa shape index (κ1) is 16.3. The third-order valence-corrected chi connectivity index (χ3v) is 4.95. The van der Waals surface area contributed by atoms with Crippen molar-refractivity contribution in [1.82, 2.24) is 19.6 Å². The van der Waals surface area contributed by atoms with Crippen LogP contribution in [0.1, 0.15) is 16.1 Å². The van der Waals surface area contributed by atoms with E-state index in [2.05, 4.69) is 20.5 Å². The molecule has 0 aliphatic heterocycles. The number of hydrogen-bond acceptors (Lipinski definition) is 3. The number of nitrogens with zero attached hydrogens (tertiary/aromatic N) is 3. The van der Waals surface area contributed by atoms with Gasteiger partial charge in [-0.3, -0.25) is 9.89 Å². The Labute approximate surface area is 160 Å². The van der Waals surface area contributed by atoms with E-state index in [9.17, 15) is 4.79 Å². The summed E-state index contributed by atoms with van der Waals surface area (Å²) in [5.41, 5.74) is 5.96. The fourth-order valence-electron chi connectivity index (χ4n) is 3.47. The van der Waals surface area contributed by atoms with Crippen LogP contribution >= 0.6 is 0 Å². The summed E-state index contributed by atoms with van der Waals surface area (Å²) < 4.78 is 1.90. The summed E-state index contributed by atoms with van der Waals surface area (Å²) in [6, 6.07) is 19.4. The van der Waals surface area contributed by atoms with Gasteiger partial charge in [-0.2, -0.15) is 5.10 Å². The van der Waals surface area contributed by atoms with Gasteiger partial charge >= 0.3 is 0 Å². The standard InChI is InChI=1S/C22H17N5O/c1-14-18(9-8-17-12-23-13-27(14)17)22(28)24-16-7-10-20-19(11-16)21(26-25-20)15-5-3-2-4-6-15/h2-13H,1H3,(H,24,28)(H,25,26). The molecule has 6 nitrogen and oxygen atoms in total. The second-order valence-electron chi connectivity index (χ2n) is 6.67.